The molecule has 27 heavy (non-hydrogen) atoms. The second-order valence-corrected chi connectivity index (χ2v) is 6.93. The number of ether oxygens (including phenoxy) is 1. The van der Waals surface area contributed by atoms with Crippen LogP contribution in [0.15, 0.2) is 30.3 Å². The summed E-state index contributed by atoms with van der Waals surface area (Å²) in [5.41, 5.74) is 0.882. The van der Waals surface area contributed by atoms with E-state index in [1.54, 1.807) is 11.9 Å². The lowest BCUT2D eigenvalue weighted by Gasteiger charge is -2.38. The fourth-order valence-electron chi connectivity index (χ4n) is 3.12. The van der Waals surface area contributed by atoms with Gasteiger partial charge in [-0.2, -0.15) is 0 Å². The number of hydrogen-bond donors (Lipinski definition) is 1. The molecule has 1 aromatic rings. The normalized spacial score (nSPS) is 15.4. The number of hydrogen-bond acceptors (Lipinski definition) is 4. The lowest BCUT2D eigenvalue weighted by molar-refractivity contribution is -0.151. The van der Waals surface area contributed by atoms with Crippen LogP contribution in [0.1, 0.15) is 19.4 Å². The standard InChI is InChI=1S/C19H27N3O5/c1-14(2)16(17(23)27-13-15-7-5-4-6-8-15)20(3)18(24)21-9-11-22(12-10-21)19(25)26/h4-8,14,16H,9-13H2,1-3H3,(H,25,26)/t16-/m0/s1. The molecular formula is C19H27N3O5. The van der Waals surface area contributed by atoms with Crippen LogP contribution in [0.25, 0.3) is 0 Å². The van der Waals surface area contributed by atoms with Crippen molar-refractivity contribution in [3.05, 3.63) is 35.9 Å². The summed E-state index contributed by atoms with van der Waals surface area (Å²) in [4.78, 5) is 40.6. The van der Waals surface area contributed by atoms with Crippen molar-refractivity contribution in [2.24, 2.45) is 5.92 Å². The number of likely N-dealkylation sites (N-methyl/N-ethyl adjacent to an activating group) is 1. The largest absolute Gasteiger partial charge is 0.465 e. The summed E-state index contributed by atoms with van der Waals surface area (Å²) in [6.45, 7) is 5.02. The average molecular weight is 377 g/mol. The van der Waals surface area contributed by atoms with Crippen LogP contribution in [-0.4, -0.2) is 77.2 Å². The van der Waals surface area contributed by atoms with Gasteiger partial charge < -0.3 is 24.5 Å². The molecule has 0 spiro atoms. The molecule has 1 aliphatic rings. The first-order valence-electron chi connectivity index (χ1n) is 9.01. The number of rotatable bonds is 5. The molecule has 0 bridgehead atoms. The molecule has 1 N–H and O–H groups in total. The van der Waals surface area contributed by atoms with Gasteiger partial charge in [-0.3, -0.25) is 0 Å². The number of piperazine rings is 1. The summed E-state index contributed by atoms with van der Waals surface area (Å²) < 4.78 is 5.42. The Labute approximate surface area is 159 Å². The molecular weight excluding hydrogens is 350 g/mol. The van der Waals surface area contributed by atoms with E-state index in [-0.39, 0.29) is 31.6 Å². The van der Waals surface area contributed by atoms with Crippen LogP contribution >= 0.6 is 0 Å². The molecule has 1 heterocycles. The predicted molar refractivity (Wildman–Crippen MR) is 99.2 cm³/mol. The fraction of sp³-hybridized carbons (Fsp3) is 0.526. The van der Waals surface area contributed by atoms with Crippen molar-refractivity contribution in [3.8, 4) is 0 Å². The van der Waals surface area contributed by atoms with Crippen LogP contribution in [0.5, 0.6) is 0 Å². The van der Waals surface area contributed by atoms with E-state index in [1.807, 2.05) is 44.2 Å². The number of carbonyl (C=O) groups excluding carboxylic acids is 2. The van der Waals surface area contributed by atoms with E-state index in [4.69, 9.17) is 9.84 Å². The Balaban J connectivity index is 1.97. The Morgan fingerprint density at radius 1 is 1.07 bits per heavy atom. The highest BCUT2D eigenvalue weighted by Gasteiger charge is 2.34. The summed E-state index contributed by atoms with van der Waals surface area (Å²) in [6, 6.07) is 8.36. The third kappa shape index (κ3) is 5.35. The molecule has 0 unspecified atom stereocenters. The maximum atomic E-state index is 12.8. The first kappa shape index (κ1) is 20.5. The Bertz CT molecular complexity index is 657. The van der Waals surface area contributed by atoms with E-state index < -0.39 is 18.1 Å². The van der Waals surface area contributed by atoms with Crippen LogP contribution in [0.4, 0.5) is 9.59 Å². The van der Waals surface area contributed by atoms with Crippen molar-refractivity contribution >= 4 is 18.1 Å². The van der Waals surface area contributed by atoms with Gasteiger partial charge in [-0.05, 0) is 11.5 Å². The van der Waals surface area contributed by atoms with Crippen molar-refractivity contribution in [2.45, 2.75) is 26.5 Å². The summed E-state index contributed by atoms with van der Waals surface area (Å²) in [6.07, 6.45) is -0.986. The zero-order chi connectivity index (χ0) is 20.0. The summed E-state index contributed by atoms with van der Waals surface area (Å²) >= 11 is 0. The van der Waals surface area contributed by atoms with Crippen LogP contribution < -0.4 is 0 Å². The molecule has 1 aliphatic heterocycles. The molecule has 1 saturated heterocycles. The molecule has 8 heteroatoms. The van der Waals surface area contributed by atoms with Crippen LogP contribution in [0.3, 0.4) is 0 Å². The van der Waals surface area contributed by atoms with E-state index in [9.17, 15) is 14.4 Å². The summed E-state index contributed by atoms with van der Waals surface area (Å²) in [5.74, 6) is -0.573. The molecule has 1 atom stereocenters. The fourth-order valence-corrected chi connectivity index (χ4v) is 3.12. The molecule has 1 fully saturated rings. The molecule has 0 radical (unpaired) electrons. The molecule has 0 saturated carbocycles. The van der Waals surface area contributed by atoms with Crippen molar-refractivity contribution in [1.29, 1.82) is 0 Å². The quantitative estimate of drug-likeness (QED) is 0.794. The highest BCUT2D eigenvalue weighted by atomic mass is 16.5. The number of urea groups is 1. The first-order chi connectivity index (χ1) is 12.8. The van der Waals surface area contributed by atoms with Crippen molar-refractivity contribution in [3.63, 3.8) is 0 Å². The number of esters is 1. The number of carbonyl (C=O) groups is 3. The Morgan fingerprint density at radius 2 is 1.63 bits per heavy atom. The average Bonchev–Trinajstić information content (AvgIpc) is 2.66. The van der Waals surface area contributed by atoms with E-state index in [0.717, 1.165) is 5.56 Å². The highest BCUT2D eigenvalue weighted by Crippen LogP contribution is 2.16. The Kier molecular flexibility index (Phi) is 7.04. The van der Waals surface area contributed by atoms with E-state index in [2.05, 4.69) is 0 Å². The molecule has 2 rings (SSSR count). The number of amides is 3. The predicted octanol–water partition coefficient (Wildman–Crippen LogP) is 2.10. The van der Waals surface area contributed by atoms with E-state index in [0.29, 0.717) is 13.1 Å². The minimum absolute atomic E-state index is 0.123. The maximum Gasteiger partial charge on any atom is 0.407 e. The van der Waals surface area contributed by atoms with Gasteiger partial charge in [0.05, 0.1) is 0 Å². The van der Waals surface area contributed by atoms with Crippen LogP contribution in [0.2, 0.25) is 0 Å². The van der Waals surface area contributed by atoms with Gasteiger partial charge in [-0.15, -0.1) is 0 Å². The molecule has 0 aliphatic carbocycles. The summed E-state index contributed by atoms with van der Waals surface area (Å²) in [7, 11) is 1.58. The lowest BCUT2D eigenvalue weighted by Crippen LogP contribution is -2.56. The molecule has 148 valence electrons. The third-order valence-corrected chi connectivity index (χ3v) is 4.64. The molecule has 8 nitrogen and oxygen atoms in total. The second-order valence-electron chi connectivity index (χ2n) is 6.93. The molecule has 3 amide bonds. The van der Waals surface area contributed by atoms with Crippen molar-refractivity contribution in [2.75, 3.05) is 33.2 Å². The van der Waals surface area contributed by atoms with Gasteiger partial charge in [0.15, 0.2) is 0 Å². The monoisotopic (exact) mass is 377 g/mol. The number of nitrogens with zero attached hydrogens (tertiary/aromatic N) is 3. The van der Waals surface area contributed by atoms with Gasteiger partial charge in [-0.1, -0.05) is 44.2 Å². The summed E-state index contributed by atoms with van der Waals surface area (Å²) in [5, 5.41) is 9.01. The van der Waals surface area contributed by atoms with E-state index in [1.165, 1.54) is 9.80 Å². The third-order valence-electron chi connectivity index (χ3n) is 4.64. The maximum absolute atomic E-state index is 12.8. The molecule has 0 aromatic heterocycles. The lowest BCUT2D eigenvalue weighted by atomic mass is 10.0. The zero-order valence-corrected chi connectivity index (χ0v) is 16.0. The van der Waals surface area contributed by atoms with Gasteiger partial charge >= 0.3 is 18.1 Å². The van der Waals surface area contributed by atoms with Gasteiger partial charge in [-0.25, -0.2) is 14.4 Å². The van der Waals surface area contributed by atoms with Gasteiger partial charge in [0.25, 0.3) is 0 Å². The number of benzene rings is 1. The van der Waals surface area contributed by atoms with Gasteiger partial charge in [0, 0.05) is 33.2 Å². The molecule has 1 aromatic carbocycles. The number of carboxylic acid groups (broad SMARTS) is 1. The first-order valence-corrected chi connectivity index (χ1v) is 9.01. The second kappa shape index (κ2) is 9.25. The topological polar surface area (TPSA) is 90.4 Å². The van der Waals surface area contributed by atoms with Crippen molar-refractivity contribution < 1.29 is 24.2 Å². The van der Waals surface area contributed by atoms with E-state index >= 15 is 0 Å². The minimum atomic E-state index is -0.986. The van der Waals surface area contributed by atoms with Gasteiger partial charge in [0.2, 0.25) is 0 Å². The van der Waals surface area contributed by atoms with Gasteiger partial charge in [0.1, 0.15) is 12.6 Å². The minimum Gasteiger partial charge on any atom is -0.465 e. The SMILES string of the molecule is CC(C)[C@@H](C(=O)OCc1ccccc1)N(C)C(=O)N1CCN(C(=O)O)CC1. The smallest absolute Gasteiger partial charge is 0.407 e. The van der Waals surface area contributed by atoms with Crippen LogP contribution in [-0.2, 0) is 16.1 Å². The zero-order valence-electron chi connectivity index (χ0n) is 16.0. The highest BCUT2D eigenvalue weighted by molar-refractivity contribution is 5.84. The van der Waals surface area contributed by atoms with Crippen molar-refractivity contribution in [1.82, 2.24) is 14.7 Å². The Hall–Kier alpha value is -2.77. The Morgan fingerprint density at radius 3 is 2.15 bits per heavy atom. The van der Waals surface area contributed by atoms with Crippen LogP contribution in [0, 0.1) is 5.92 Å².